The zero-order chi connectivity index (χ0) is 11.3. The Morgan fingerprint density at radius 1 is 1.80 bits per heavy atom. The summed E-state index contributed by atoms with van der Waals surface area (Å²) in [6, 6.07) is 0.0379. The molecule has 0 aliphatic carbocycles. The molecule has 0 amide bonds. The monoisotopic (exact) mass is 210 g/mol. The van der Waals surface area contributed by atoms with E-state index in [-0.39, 0.29) is 6.04 Å². The molecule has 2 N–H and O–H groups in total. The molecular weight excluding hydrogens is 196 g/mol. The molecule has 1 heterocycles. The van der Waals surface area contributed by atoms with Crippen LogP contribution in [0.2, 0.25) is 0 Å². The summed E-state index contributed by atoms with van der Waals surface area (Å²) in [6.45, 7) is 2.43. The lowest BCUT2D eigenvalue weighted by Gasteiger charge is -2.10. The number of carboxylic acid groups (broad SMARTS) is 1. The Bertz CT molecular complexity index is 359. The quantitative estimate of drug-likeness (QED) is 0.674. The van der Waals surface area contributed by atoms with Crippen molar-refractivity contribution in [3.05, 3.63) is 24.3 Å². The van der Waals surface area contributed by atoms with Gasteiger partial charge >= 0.3 is 5.97 Å². The van der Waals surface area contributed by atoms with E-state index < -0.39 is 5.97 Å². The molecule has 1 aromatic rings. The number of rotatable bonds is 5. The smallest absolute Gasteiger partial charge is 0.328 e. The van der Waals surface area contributed by atoms with Crippen LogP contribution < -0.4 is 5.32 Å². The first-order valence-electron chi connectivity index (χ1n) is 4.58. The van der Waals surface area contributed by atoms with Gasteiger partial charge in [-0.15, -0.1) is 10.2 Å². The average molecular weight is 210 g/mol. The molecule has 0 saturated carbocycles. The van der Waals surface area contributed by atoms with E-state index in [0.717, 1.165) is 11.9 Å². The first kappa shape index (κ1) is 11.4. The van der Waals surface area contributed by atoms with Crippen LogP contribution in [0.5, 0.6) is 0 Å². The molecular formula is C9H14N4O2. The normalized spacial score (nSPS) is 13.2. The third kappa shape index (κ3) is 3.51. The van der Waals surface area contributed by atoms with Crippen molar-refractivity contribution < 1.29 is 9.90 Å². The summed E-state index contributed by atoms with van der Waals surface area (Å²) in [7, 11) is 1.86. The summed E-state index contributed by atoms with van der Waals surface area (Å²) in [5, 5.41) is 19.2. The molecule has 0 aromatic carbocycles. The second-order valence-corrected chi connectivity index (χ2v) is 3.17. The van der Waals surface area contributed by atoms with Crippen LogP contribution in [-0.2, 0) is 11.8 Å². The van der Waals surface area contributed by atoms with Crippen LogP contribution in [0.3, 0.4) is 0 Å². The van der Waals surface area contributed by atoms with Crippen molar-refractivity contribution in [1.29, 1.82) is 0 Å². The van der Waals surface area contributed by atoms with Crippen LogP contribution in [-0.4, -0.2) is 32.4 Å². The van der Waals surface area contributed by atoms with E-state index in [1.54, 1.807) is 12.4 Å². The summed E-state index contributed by atoms with van der Waals surface area (Å²) in [6.07, 6.45) is 4.28. The molecule has 1 atom stereocenters. The first-order valence-corrected chi connectivity index (χ1v) is 4.58. The highest BCUT2D eigenvalue weighted by molar-refractivity contribution is 5.79. The number of aromatic nitrogens is 3. The predicted octanol–water partition coefficient (Wildman–Crippen LogP) is 0.106. The van der Waals surface area contributed by atoms with E-state index in [4.69, 9.17) is 5.11 Å². The van der Waals surface area contributed by atoms with E-state index >= 15 is 0 Å². The second-order valence-electron chi connectivity index (χ2n) is 3.17. The Hall–Kier alpha value is -1.69. The Kier molecular flexibility index (Phi) is 3.99. The van der Waals surface area contributed by atoms with Crippen LogP contribution in [0.4, 0.5) is 0 Å². The maximum atomic E-state index is 10.2. The van der Waals surface area contributed by atoms with Gasteiger partial charge in [-0.2, -0.15) is 0 Å². The third-order valence-corrected chi connectivity index (χ3v) is 1.94. The van der Waals surface area contributed by atoms with E-state index in [2.05, 4.69) is 15.5 Å². The molecule has 0 bridgehead atoms. The standard InChI is InChI=1S/C9H14N4O2/c1-7(9-12-11-6-13(9)2)10-5-3-4-8(14)15/h3-4,6-7,10H,5H2,1-2H3,(H,14,15)/b4-3+. The second kappa shape index (κ2) is 5.26. The van der Waals surface area contributed by atoms with Gasteiger partial charge in [0.05, 0.1) is 6.04 Å². The highest BCUT2D eigenvalue weighted by atomic mass is 16.4. The molecule has 0 aliphatic heterocycles. The van der Waals surface area contributed by atoms with Crippen molar-refractivity contribution in [1.82, 2.24) is 20.1 Å². The van der Waals surface area contributed by atoms with Crippen LogP contribution in [0.1, 0.15) is 18.8 Å². The minimum absolute atomic E-state index is 0.0379. The first-order chi connectivity index (χ1) is 7.11. The van der Waals surface area contributed by atoms with Gasteiger partial charge in [-0.3, -0.25) is 0 Å². The van der Waals surface area contributed by atoms with Crippen LogP contribution >= 0.6 is 0 Å². The lowest BCUT2D eigenvalue weighted by atomic mass is 10.3. The largest absolute Gasteiger partial charge is 0.478 e. The van der Waals surface area contributed by atoms with Gasteiger partial charge in [0, 0.05) is 19.7 Å². The van der Waals surface area contributed by atoms with E-state index in [0.29, 0.717) is 6.54 Å². The number of nitrogens with one attached hydrogen (secondary N) is 1. The van der Waals surface area contributed by atoms with Gasteiger partial charge < -0.3 is 15.0 Å². The van der Waals surface area contributed by atoms with Crippen molar-refractivity contribution in [2.24, 2.45) is 7.05 Å². The highest BCUT2D eigenvalue weighted by Crippen LogP contribution is 2.05. The number of hydrogen-bond donors (Lipinski definition) is 2. The number of carbonyl (C=O) groups is 1. The van der Waals surface area contributed by atoms with Gasteiger partial charge in [0.1, 0.15) is 12.2 Å². The highest BCUT2D eigenvalue weighted by Gasteiger charge is 2.08. The molecule has 0 radical (unpaired) electrons. The van der Waals surface area contributed by atoms with Crippen LogP contribution in [0.25, 0.3) is 0 Å². The molecule has 0 fully saturated rings. The number of carboxylic acids is 1. The van der Waals surface area contributed by atoms with Gasteiger partial charge in [0.2, 0.25) is 0 Å². The summed E-state index contributed by atoms with van der Waals surface area (Å²) in [4.78, 5) is 10.2. The number of hydrogen-bond acceptors (Lipinski definition) is 4. The Balaban J connectivity index is 2.40. The molecule has 0 aliphatic rings. The molecule has 0 saturated heterocycles. The molecule has 6 heteroatoms. The van der Waals surface area contributed by atoms with Crippen LogP contribution in [0.15, 0.2) is 18.5 Å². The average Bonchev–Trinajstić information content (AvgIpc) is 2.58. The Morgan fingerprint density at radius 3 is 3.07 bits per heavy atom. The topological polar surface area (TPSA) is 80.0 Å². The van der Waals surface area contributed by atoms with Gasteiger partial charge in [-0.1, -0.05) is 6.08 Å². The van der Waals surface area contributed by atoms with Crippen molar-refractivity contribution in [2.45, 2.75) is 13.0 Å². The minimum Gasteiger partial charge on any atom is -0.478 e. The number of aryl methyl sites for hydroxylation is 1. The maximum absolute atomic E-state index is 10.2. The lowest BCUT2D eigenvalue weighted by molar-refractivity contribution is -0.131. The predicted molar refractivity (Wildman–Crippen MR) is 54.2 cm³/mol. The molecule has 1 aromatic heterocycles. The molecule has 0 spiro atoms. The van der Waals surface area contributed by atoms with Gasteiger partial charge in [-0.05, 0) is 6.92 Å². The third-order valence-electron chi connectivity index (χ3n) is 1.94. The van der Waals surface area contributed by atoms with E-state index in [1.165, 1.54) is 0 Å². The molecule has 1 rings (SSSR count). The lowest BCUT2D eigenvalue weighted by Crippen LogP contribution is -2.21. The van der Waals surface area contributed by atoms with Crippen molar-refractivity contribution in [3.8, 4) is 0 Å². The molecule has 6 nitrogen and oxygen atoms in total. The molecule has 1 unspecified atom stereocenters. The van der Waals surface area contributed by atoms with E-state index in [9.17, 15) is 4.79 Å². The number of aliphatic carboxylic acids is 1. The fourth-order valence-electron chi connectivity index (χ4n) is 1.18. The Labute approximate surface area is 87.6 Å². The SMILES string of the molecule is CC(NC/C=C/C(=O)O)c1nncn1C. The zero-order valence-electron chi connectivity index (χ0n) is 8.71. The van der Waals surface area contributed by atoms with E-state index in [1.807, 2.05) is 18.5 Å². The van der Waals surface area contributed by atoms with Crippen molar-refractivity contribution >= 4 is 5.97 Å². The fourth-order valence-corrected chi connectivity index (χ4v) is 1.18. The fraction of sp³-hybridized carbons (Fsp3) is 0.444. The summed E-state index contributed by atoms with van der Waals surface area (Å²) in [5.41, 5.74) is 0. The Morgan fingerprint density at radius 2 is 2.53 bits per heavy atom. The summed E-state index contributed by atoms with van der Waals surface area (Å²) >= 11 is 0. The molecule has 82 valence electrons. The van der Waals surface area contributed by atoms with Gasteiger partial charge in [0.25, 0.3) is 0 Å². The van der Waals surface area contributed by atoms with Crippen LogP contribution in [0, 0.1) is 0 Å². The summed E-state index contributed by atoms with van der Waals surface area (Å²) in [5.74, 6) is -0.123. The zero-order valence-corrected chi connectivity index (χ0v) is 8.71. The summed E-state index contributed by atoms with van der Waals surface area (Å²) < 4.78 is 1.82. The number of nitrogens with zero attached hydrogens (tertiary/aromatic N) is 3. The minimum atomic E-state index is -0.942. The van der Waals surface area contributed by atoms with Gasteiger partial charge in [0.15, 0.2) is 0 Å². The molecule has 15 heavy (non-hydrogen) atoms. The van der Waals surface area contributed by atoms with Gasteiger partial charge in [-0.25, -0.2) is 4.79 Å². The van der Waals surface area contributed by atoms with Crippen molar-refractivity contribution in [3.63, 3.8) is 0 Å². The van der Waals surface area contributed by atoms with Crippen molar-refractivity contribution in [2.75, 3.05) is 6.54 Å². The maximum Gasteiger partial charge on any atom is 0.328 e.